The van der Waals surface area contributed by atoms with Crippen molar-refractivity contribution in [2.75, 3.05) is 39.8 Å². The number of rotatable bonds is 3. The monoisotopic (exact) mass is 228 g/mol. The number of morpholine rings is 1. The molecule has 2 atom stereocenters. The predicted molar refractivity (Wildman–Crippen MR) is 59.5 cm³/mol. The smallest absolute Gasteiger partial charge is 0.306 e. The highest BCUT2D eigenvalue weighted by Crippen LogP contribution is 2.18. The fraction of sp³-hybridized carbons (Fsp3) is 0.909. The minimum Gasteiger partial charge on any atom is -0.481 e. The van der Waals surface area contributed by atoms with E-state index in [0.717, 1.165) is 26.2 Å². The Morgan fingerprint density at radius 3 is 2.88 bits per heavy atom. The number of likely N-dealkylation sites (tertiary alicyclic amines) is 1. The Hall–Kier alpha value is -0.650. The van der Waals surface area contributed by atoms with Gasteiger partial charge in [-0.05, 0) is 20.0 Å². The molecule has 2 unspecified atom stereocenters. The molecule has 2 fully saturated rings. The van der Waals surface area contributed by atoms with E-state index in [0.29, 0.717) is 12.6 Å². The minimum absolute atomic E-state index is 0.124. The summed E-state index contributed by atoms with van der Waals surface area (Å²) in [5.41, 5.74) is 0. The van der Waals surface area contributed by atoms with Crippen LogP contribution in [0, 0.1) is 0 Å². The summed E-state index contributed by atoms with van der Waals surface area (Å²) in [6.07, 6.45) is 1.19. The molecule has 0 radical (unpaired) electrons. The topological polar surface area (TPSA) is 53.0 Å². The Morgan fingerprint density at radius 1 is 1.44 bits per heavy atom. The molecule has 0 aromatic carbocycles. The van der Waals surface area contributed by atoms with Gasteiger partial charge in [-0.15, -0.1) is 0 Å². The van der Waals surface area contributed by atoms with E-state index in [1.54, 1.807) is 0 Å². The van der Waals surface area contributed by atoms with Crippen molar-refractivity contribution in [1.29, 1.82) is 0 Å². The molecule has 2 aliphatic heterocycles. The molecule has 2 saturated heterocycles. The second kappa shape index (κ2) is 5.12. The van der Waals surface area contributed by atoms with Gasteiger partial charge in [-0.25, -0.2) is 0 Å². The zero-order valence-electron chi connectivity index (χ0n) is 9.76. The Balaban J connectivity index is 1.84. The highest BCUT2D eigenvalue weighted by Gasteiger charge is 2.30. The molecule has 16 heavy (non-hydrogen) atoms. The highest BCUT2D eigenvalue weighted by molar-refractivity contribution is 5.67. The summed E-state index contributed by atoms with van der Waals surface area (Å²) < 4.78 is 5.47. The van der Waals surface area contributed by atoms with Crippen molar-refractivity contribution >= 4 is 5.97 Å². The lowest BCUT2D eigenvalue weighted by Gasteiger charge is -2.36. The standard InChI is InChI=1S/C11H20N2O3/c1-12-3-2-9(7-12)13-4-5-16-10(8-13)6-11(14)15/h9-10H,2-8H2,1H3,(H,14,15). The van der Waals surface area contributed by atoms with E-state index in [-0.39, 0.29) is 12.5 Å². The van der Waals surface area contributed by atoms with Crippen LogP contribution in [0.4, 0.5) is 0 Å². The Bertz CT molecular complexity index is 260. The molecule has 0 aromatic rings. The molecule has 0 bridgehead atoms. The van der Waals surface area contributed by atoms with Gasteiger partial charge in [0.25, 0.3) is 0 Å². The minimum atomic E-state index is -0.768. The fourth-order valence-corrected chi connectivity index (χ4v) is 2.60. The van der Waals surface area contributed by atoms with E-state index in [4.69, 9.17) is 9.84 Å². The van der Waals surface area contributed by atoms with E-state index in [1.165, 1.54) is 6.42 Å². The maximum atomic E-state index is 10.6. The van der Waals surface area contributed by atoms with Crippen molar-refractivity contribution in [3.05, 3.63) is 0 Å². The number of likely N-dealkylation sites (N-methyl/N-ethyl adjacent to an activating group) is 1. The van der Waals surface area contributed by atoms with Crippen molar-refractivity contribution in [1.82, 2.24) is 9.80 Å². The Labute approximate surface area is 96.0 Å². The first kappa shape index (κ1) is 11.8. The number of ether oxygens (including phenoxy) is 1. The zero-order chi connectivity index (χ0) is 11.5. The van der Waals surface area contributed by atoms with Crippen LogP contribution in [-0.4, -0.2) is 72.9 Å². The molecule has 0 spiro atoms. The van der Waals surface area contributed by atoms with Crippen LogP contribution >= 0.6 is 0 Å². The third kappa shape index (κ3) is 2.93. The molecular formula is C11H20N2O3. The second-order valence-corrected chi connectivity index (χ2v) is 4.79. The van der Waals surface area contributed by atoms with Gasteiger partial charge in [0.15, 0.2) is 0 Å². The lowest BCUT2D eigenvalue weighted by atomic mass is 10.1. The second-order valence-electron chi connectivity index (χ2n) is 4.79. The van der Waals surface area contributed by atoms with Gasteiger partial charge < -0.3 is 14.7 Å². The van der Waals surface area contributed by atoms with Gasteiger partial charge in [-0.3, -0.25) is 9.69 Å². The van der Waals surface area contributed by atoms with Crippen molar-refractivity contribution in [2.45, 2.75) is 25.0 Å². The van der Waals surface area contributed by atoms with Gasteiger partial charge >= 0.3 is 5.97 Å². The summed E-state index contributed by atoms with van der Waals surface area (Å²) >= 11 is 0. The molecule has 2 rings (SSSR count). The van der Waals surface area contributed by atoms with Gasteiger partial charge in [-0.2, -0.15) is 0 Å². The van der Waals surface area contributed by atoms with Crippen molar-refractivity contribution in [3.8, 4) is 0 Å². The van der Waals surface area contributed by atoms with Crippen LogP contribution in [0.3, 0.4) is 0 Å². The molecule has 0 aromatic heterocycles. The van der Waals surface area contributed by atoms with Crippen LogP contribution in [-0.2, 0) is 9.53 Å². The number of hydrogen-bond donors (Lipinski definition) is 1. The van der Waals surface area contributed by atoms with Crippen molar-refractivity contribution < 1.29 is 14.6 Å². The largest absolute Gasteiger partial charge is 0.481 e. The number of carbonyl (C=O) groups is 1. The number of nitrogens with zero attached hydrogens (tertiary/aromatic N) is 2. The third-order valence-corrected chi connectivity index (χ3v) is 3.46. The molecule has 0 saturated carbocycles. The average molecular weight is 228 g/mol. The lowest BCUT2D eigenvalue weighted by molar-refractivity contribution is -0.142. The van der Waals surface area contributed by atoms with E-state index in [2.05, 4.69) is 16.8 Å². The van der Waals surface area contributed by atoms with Gasteiger partial charge in [0, 0.05) is 25.7 Å². The van der Waals surface area contributed by atoms with Crippen molar-refractivity contribution in [3.63, 3.8) is 0 Å². The first-order valence-electron chi connectivity index (χ1n) is 5.91. The highest BCUT2D eigenvalue weighted by atomic mass is 16.5. The summed E-state index contributed by atoms with van der Waals surface area (Å²) in [5.74, 6) is -0.768. The maximum absolute atomic E-state index is 10.6. The maximum Gasteiger partial charge on any atom is 0.306 e. The predicted octanol–water partition coefficient (Wildman–Crippen LogP) is -0.134. The normalized spacial score (nSPS) is 33.1. The van der Waals surface area contributed by atoms with E-state index in [9.17, 15) is 4.79 Å². The summed E-state index contributed by atoms with van der Waals surface area (Å²) in [6.45, 7) is 4.61. The summed E-state index contributed by atoms with van der Waals surface area (Å²) in [7, 11) is 2.13. The molecule has 92 valence electrons. The summed E-state index contributed by atoms with van der Waals surface area (Å²) in [4.78, 5) is 15.4. The molecule has 1 N–H and O–H groups in total. The first-order chi connectivity index (χ1) is 7.65. The van der Waals surface area contributed by atoms with Gasteiger partial charge in [0.05, 0.1) is 19.1 Å². The number of carboxylic acid groups (broad SMARTS) is 1. The molecule has 0 amide bonds. The molecule has 5 nitrogen and oxygen atoms in total. The molecule has 0 aliphatic carbocycles. The van der Waals surface area contributed by atoms with Crippen LogP contribution in [0.25, 0.3) is 0 Å². The summed E-state index contributed by atoms with van der Waals surface area (Å²) in [5, 5.41) is 8.75. The Morgan fingerprint density at radius 2 is 2.25 bits per heavy atom. The van der Waals surface area contributed by atoms with Gasteiger partial charge in [-0.1, -0.05) is 0 Å². The van der Waals surface area contributed by atoms with Crippen molar-refractivity contribution in [2.24, 2.45) is 0 Å². The number of hydrogen-bond acceptors (Lipinski definition) is 4. The average Bonchev–Trinajstić information content (AvgIpc) is 2.64. The first-order valence-corrected chi connectivity index (χ1v) is 5.91. The zero-order valence-corrected chi connectivity index (χ0v) is 9.76. The fourth-order valence-electron chi connectivity index (χ4n) is 2.60. The van der Waals surface area contributed by atoms with Crippen LogP contribution in [0.5, 0.6) is 0 Å². The number of carboxylic acids is 1. The number of aliphatic carboxylic acids is 1. The lowest BCUT2D eigenvalue weighted by Crippen LogP contribution is -2.49. The van der Waals surface area contributed by atoms with Crippen LogP contribution in [0.1, 0.15) is 12.8 Å². The van der Waals surface area contributed by atoms with E-state index in [1.807, 2.05) is 0 Å². The summed E-state index contributed by atoms with van der Waals surface area (Å²) in [6, 6.07) is 0.588. The quantitative estimate of drug-likeness (QED) is 0.729. The van der Waals surface area contributed by atoms with Gasteiger partial charge in [0.2, 0.25) is 0 Å². The molecular weight excluding hydrogens is 208 g/mol. The molecule has 5 heteroatoms. The molecule has 2 heterocycles. The Kier molecular flexibility index (Phi) is 3.78. The SMILES string of the molecule is CN1CCC(N2CCOC(CC(=O)O)C2)C1. The third-order valence-electron chi connectivity index (χ3n) is 3.46. The van der Waals surface area contributed by atoms with Crippen LogP contribution in [0.15, 0.2) is 0 Å². The van der Waals surface area contributed by atoms with Gasteiger partial charge in [0.1, 0.15) is 0 Å². The van der Waals surface area contributed by atoms with Crippen LogP contribution in [0.2, 0.25) is 0 Å². The van der Waals surface area contributed by atoms with E-state index >= 15 is 0 Å². The van der Waals surface area contributed by atoms with Crippen LogP contribution < -0.4 is 0 Å². The molecule has 2 aliphatic rings. The van der Waals surface area contributed by atoms with E-state index < -0.39 is 5.97 Å².